The maximum Gasteiger partial charge on any atom is 0.303 e. The van der Waals surface area contributed by atoms with Gasteiger partial charge in [-0.1, -0.05) is 0 Å². The number of aliphatic hydroxyl groups excluding tert-OH is 12. The van der Waals surface area contributed by atoms with Gasteiger partial charge in [0.25, 0.3) is 0 Å². The van der Waals surface area contributed by atoms with E-state index in [1.165, 1.54) is 0 Å². The van der Waals surface area contributed by atoms with E-state index >= 15 is 0 Å². The molecule has 0 aliphatic carbocycles. The number of nitrogens with one attached hydrogen (secondary N) is 5. The third-order valence-electron chi connectivity index (χ3n) is 11.3. The van der Waals surface area contributed by atoms with Gasteiger partial charge in [-0.15, -0.1) is 0 Å². The predicted octanol–water partition coefficient (Wildman–Crippen LogP) is -10.0. The summed E-state index contributed by atoms with van der Waals surface area (Å²) < 4.78 is 31.9. The van der Waals surface area contributed by atoms with Gasteiger partial charge in [0.05, 0.1) is 39.6 Å². The molecule has 0 radical (unpaired) electrons. The van der Waals surface area contributed by atoms with Gasteiger partial charge in [0.1, 0.15) is 85.3 Å². The highest BCUT2D eigenvalue weighted by Crippen LogP contribution is 2.24. The first-order chi connectivity index (χ1) is 33.2. The molecule has 3 rings (SSSR count). The van der Waals surface area contributed by atoms with E-state index in [1.807, 2.05) is 0 Å². The zero-order valence-corrected chi connectivity index (χ0v) is 38.0. The molecule has 0 aromatic rings. The maximum atomic E-state index is 13.4. The van der Waals surface area contributed by atoms with Crippen LogP contribution in [0.5, 0.6) is 0 Å². The van der Waals surface area contributed by atoms with Crippen LogP contribution in [0.4, 0.5) is 0 Å². The number of hydrogen-bond donors (Lipinski definition) is 18. The van der Waals surface area contributed by atoms with Crippen molar-refractivity contribution >= 4 is 35.5 Å². The van der Waals surface area contributed by atoms with Crippen molar-refractivity contribution in [2.45, 2.75) is 156 Å². The summed E-state index contributed by atoms with van der Waals surface area (Å²) in [4.78, 5) is 76.7. The van der Waals surface area contributed by atoms with Crippen molar-refractivity contribution in [3.63, 3.8) is 0 Å². The lowest BCUT2D eigenvalue weighted by Crippen LogP contribution is -2.59. The Hall–Kier alpha value is -3.90. The van der Waals surface area contributed by atoms with E-state index in [0.29, 0.717) is 0 Å². The van der Waals surface area contributed by atoms with E-state index < -0.39 is 172 Å². The summed E-state index contributed by atoms with van der Waals surface area (Å²) >= 11 is 0. The monoisotopic (exact) mass is 1020 g/mol. The average Bonchev–Trinajstić information content (AvgIpc) is 3.33. The zero-order chi connectivity index (χ0) is 52.1. The molecule has 3 heterocycles. The van der Waals surface area contributed by atoms with Crippen LogP contribution in [0.15, 0.2) is 0 Å². The molecule has 70 heavy (non-hydrogen) atoms. The second-order valence-electron chi connectivity index (χ2n) is 16.6. The Kier molecular flexibility index (Phi) is 26.6. The van der Waals surface area contributed by atoms with Crippen LogP contribution in [0, 0.1) is 0 Å². The number of ether oxygens (including phenoxy) is 6. The molecule has 30 nitrogen and oxygen atoms in total. The number of hydrogen-bond acceptors (Lipinski definition) is 24. The van der Waals surface area contributed by atoms with Crippen LogP contribution in [0.25, 0.3) is 0 Å². The first kappa shape index (κ1) is 60.4. The Balaban J connectivity index is 1.63. The number of aliphatic carboxylic acids is 1. The van der Waals surface area contributed by atoms with Gasteiger partial charge in [-0.05, 0) is 25.7 Å². The van der Waals surface area contributed by atoms with Crippen LogP contribution in [-0.2, 0) is 57.2 Å². The standard InChI is InChI=1S/C40H69N5O25/c46-15-20-27(54)30(57)33(60)38(68-20)65-12-9-41-23(49)7-5-18(36(63)42-10-13-66-39-34(61)31(58)28(55)21(16-47)69-39)45-25(51)8-6-19(44-24(50)3-1-2-4-26(52)53)37(64)43-11-14-67-40-35(62)32(59)29(56)22(17-48)70-40/h18-22,27-35,38-40,46-48,54-62H,1-17H2,(H,41,49)(H,42,63)(H,43,64)(H,44,50)(H,45,51)(H,52,53)/t18?,19-,20+,21+,22+,27+,28+,29+,30-,31-,32-,33-,34-,35-,38-,39-,40-/m0/s1. The van der Waals surface area contributed by atoms with Gasteiger partial charge in [0.15, 0.2) is 18.9 Å². The minimum Gasteiger partial charge on any atom is -0.481 e. The predicted molar refractivity (Wildman–Crippen MR) is 227 cm³/mol. The van der Waals surface area contributed by atoms with Crippen molar-refractivity contribution in [3.05, 3.63) is 0 Å². The summed E-state index contributed by atoms with van der Waals surface area (Å²) in [5.74, 6) is -4.93. The molecule has 3 fully saturated rings. The quantitative estimate of drug-likeness (QED) is 0.0297. The molecule has 3 saturated heterocycles. The number of carbonyl (C=O) groups is 6. The number of carboxylic acid groups (broad SMARTS) is 1. The van der Waals surface area contributed by atoms with Crippen molar-refractivity contribution in [2.24, 2.45) is 0 Å². The van der Waals surface area contributed by atoms with Gasteiger partial charge in [-0.25, -0.2) is 0 Å². The number of carboxylic acids is 1. The van der Waals surface area contributed by atoms with Gasteiger partial charge in [0, 0.05) is 45.3 Å². The number of amides is 5. The molecular formula is C40H69N5O25. The van der Waals surface area contributed by atoms with Crippen LogP contribution in [0.1, 0.15) is 51.4 Å². The second kappa shape index (κ2) is 30.9. The van der Waals surface area contributed by atoms with E-state index in [4.69, 9.17) is 33.5 Å². The normalized spacial score (nSPS) is 32.0. The Morgan fingerprint density at radius 1 is 0.429 bits per heavy atom. The molecule has 0 aromatic heterocycles. The molecule has 0 spiro atoms. The largest absolute Gasteiger partial charge is 0.481 e. The third-order valence-corrected chi connectivity index (χ3v) is 11.3. The fourth-order valence-electron chi connectivity index (χ4n) is 7.20. The third kappa shape index (κ3) is 18.9. The van der Waals surface area contributed by atoms with E-state index in [9.17, 15) is 90.0 Å². The topological polar surface area (TPSA) is 481 Å². The number of unbranched alkanes of at least 4 members (excludes halogenated alkanes) is 1. The molecule has 1 unspecified atom stereocenters. The summed E-state index contributed by atoms with van der Waals surface area (Å²) in [5, 5.41) is 140. The fourth-order valence-corrected chi connectivity index (χ4v) is 7.20. The van der Waals surface area contributed by atoms with Gasteiger partial charge >= 0.3 is 5.97 Å². The lowest BCUT2D eigenvalue weighted by atomic mass is 9.99. The Bertz CT molecular complexity index is 1630. The number of aliphatic hydroxyl groups is 12. The minimum absolute atomic E-state index is 0.142. The van der Waals surface area contributed by atoms with E-state index in [1.54, 1.807) is 0 Å². The Morgan fingerprint density at radius 3 is 1.11 bits per heavy atom. The van der Waals surface area contributed by atoms with Gasteiger partial charge in [-0.2, -0.15) is 0 Å². The summed E-state index contributed by atoms with van der Waals surface area (Å²) in [5.41, 5.74) is 0. The zero-order valence-electron chi connectivity index (χ0n) is 38.0. The summed E-state index contributed by atoms with van der Waals surface area (Å²) in [6.45, 7) is -3.93. The van der Waals surface area contributed by atoms with Crippen molar-refractivity contribution in [2.75, 3.05) is 59.3 Å². The van der Waals surface area contributed by atoms with Gasteiger partial charge in [-0.3, -0.25) is 28.8 Å². The molecule has 30 heteroatoms. The second-order valence-corrected chi connectivity index (χ2v) is 16.6. The van der Waals surface area contributed by atoms with Crippen molar-refractivity contribution in [3.8, 4) is 0 Å². The summed E-state index contributed by atoms with van der Waals surface area (Å²) in [7, 11) is 0. The van der Waals surface area contributed by atoms with E-state index in [0.717, 1.165) is 0 Å². The lowest BCUT2D eigenvalue weighted by Gasteiger charge is -2.39. The van der Waals surface area contributed by atoms with E-state index in [2.05, 4.69) is 26.6 Å². The van der Waals surface area contributed by atoms with Crippen molar-refractivity contribution < 1.29 is 124 Å². The molecule has 3 aliphatic heterocycles. The van der Waals surface area contributed by atoms with Gasteiger partial charge in [0.2, 0.25) is 29.5 Å². The Labute approximate surface area is 400 Å². The molecule has 5 amide bonds. The summed E-state index contributed by atoms with van der Waals surface area (Å²) in [6, 6.07) is -2.83. The number of rotatable bonds is 30. The molecule has 0 aromatic carbocycles. The maximum absolute atomic E-state index is 13.4. The van der Waals surface area contributed by atoms with Crippen molar-refractivity contribution in [1.29, 1.82) is 0 Å². The highest BCUT2D eigenvalue weighted by Gasteiger charge is 2.46. The molecule has 0 bridgehead atoms. The lowest BCUT2D eigenvalue weighted by molar-refractivity contribution is -0.300. The first-order valence-electron chi connectivity index (χ1n) is 22.6. The molecule has 18 N–H and O–H groups in total. The first-order valence-corrected chi connectivity index (χ1v) is 22.6. The Morgan fingerprint density at radius 2 is 0.757 bits per heavy atom. The molecule has 17 atom stereocenters. The smallest absolute Gasteiger partial charge is 0.303 e. The highest BCUT2D eigenvalue weighted by molar-refractivity contribution is 5.90. The minimum atomic E-state index is -1.74. The van der Waals surface area contributed by atoms with Crippen LogP contribution in [0.2, 0.25) is 0 Å². The fraction of sp³-hybridized carbons (Fsp3) is 0.850. The van der Waals surface area contributed by atoms with Gasteiger partial charge < -0.3 is 121 Å². The summed E-state index contributed by atoms with van der Waals surface area (Å²) in [6.07, 6.45) is -25.2. The van der Waals surface area contributed by atoms with Crippen LogP contribution in [0.3, 0.4) is 0 Å². The van der Waals surface area contributed by atoms with Crippen LogP contribution < -0.4 is 26.6 Å². The molecule has 3 aliphatic rings. The van der Waals surface area contributed by atoms with Crippen LogP contribution in [-0.4, -0.2) is 265 Å². The molecule has 0 saturated carbocycles. The molecular weight excluding hydrogens is 950 g/mol. The highest BCUT2D eigenvalue weighted by atomic mass is 16.7. The van der Waals surface area contributed by atoms with Crippen LogP contribution >= 0.6 is 0 Å². The van der Waals surface area contributed by atoms with Crippen molar-refractivity contribution in [1.82, 2.24) is 26.6 Å². The SMILES string of the molecule is O=C(O)CCCCC(=O)N[C@@H](CCC(=O)NC(CCC(=O)NCCO[C@H]1O[C@H](CO)[C@@H](O)[C@H](O)[C@@H]1O)C(=O)NCCO[C@H]1O[C@H](CO)[C@@H](O)[C@H](O)[C@@H]1O)C(=O)NCCO[C@H]1O[C@H](CO)[C@@H](O)[C@H](O)[C@@H]1O. The molecule has 404 valence electrons. The van der Waals surface area contributed by atoms with E-state index in [-0.39, 0.29) is 78.0 Å². The number of carbonyl (C=O) groups excluding carboxylic acids is 5. The average molecular weight is 1020 g/mol.